The van der Waals surface area contributed by atoms with Gasteiger partial charge in [0.25, 0.3) is 0 Å². The second kappa shape index (κ2) is 4.61. The van der Waals surface area contributed by atoms with Crippen LogP contribution in [0.5, 0.6) is 0 Å². The molecule has 0 saturated carbocycles. The van der Waals surface area contributed by atoms with Crippen LogP contribution in [0.25, 0.3) is 0 Å². The maximum absolute atomic E-state index is 11.6. The summed E-state index contributed by atoms with van der Waals surface area (Å²) in [7, 11) is 0. The number of nitrogen functional groups attached to an aromatic ring is 1. The van der Waals surface area contributed by atoms with Gasteiger partial charge in [-0.15, -0.1) is 6.58 Å². The number of nitrogens with two attached hydrogens (primary N) is 1. The van der Waals surface area contributed by atoms with Crippen LogP contribution >= 0.6 is 0 Å². The van der Waals surface area contributed by atoms with E-state index in [1.807, 2.05) is 13.0 Å². The lowest BCUT2D eigenvalue weighted by Gasteiger charge is -2.03. The molecule has 14 heavy (non-hydrogen) atoms. The molecule has 0 aliphatic carbocycles. The second-order valence-corrected chi connectivity index (χ2v) is 3.32. The van der Waals surface area contributed by atoms with Gasteiger partial charge in [-0.25, -0.2) is 0 Å². The van der Waals surface area contributed by atoms with Crippen LogP contribution in [0.15, 0.2) is 30.9 Å². The largest absolute Gasteiger partial charge is 0.399 e. The summed E-state index contributed by atoms with van der Waals surface area (Å²) >= 11 is 0. The number of hydrogen-bond donors (Lipinski definition) is 1. The minimum Gasteiger partial charge on any atom is -0.399 e. The molecule has 0 spiro atoms. The van der Waals surface area contributed by atoms with Gasteiger partial charge < -0.3 is 5.73 Å². The first-order valence-corrected chi connectivity index (χ1v) is 4.65. The average molecular weight is 189 g/mol. The van der Waals surface area contributed by atoms with Crippen molar-refractivity contribution < 1.29 is 4.79 Å². The number of anilines is 1. The predicted octanol–water partition coefficient (Wildman–Crippen LogP) is 2.73. The molecule has 0 saturated heterocycles. The zero-order chi connectivity index (χ0) is 10.6. The van der Waals surface area contributed by atoms with Gasteiger partial charge in [-0.1, -0.05) is 6.08 Å². The van der Waals surface area contributed by atoms with Crippen molar-refractivity contribution in [2.75, 3.05) is 5.73 Å². The Morgan fingerprint density at radius 3 is 2.86 bits per heavy atom. The van der Waals surface area contributed by atoms with E-state index in [1.165, 1.54) is 0 Å². The van der Waals surface area contributed by atoms with Crippen molar-refractivity contribution in [3.05, 3.63) is 42.0 Å². The fraction of sp³-hybridized carbons (Fsp3) is 0.250. The van der Waals surface area contributed by atoms with E-state index in [2.05, 4.69) is 6.58 Å². The van der Waals surface area contributed by atoms with E-state index in [4.69, 9.17) is 5.73 Å². The summed E-state index contributed by atoms with van der Waals surface area (Å²) in [6.07, 6.45) is 3.00. The monoisotopic (exact) mass is 189 g/mol. The molecule has 0 aliphatic rings. The summed E-state index contributed by atoms with van der Waals surface area (Å²) in [6, 6.07) is 5.38. The molecule has 1 aromatic rings. The standard InChI is InChI=1S/C12H15NO/c1-3-4-5-12(14)10-6-7-11(13)9(2)8-10/h3,6-8H,1,4-5,13H2,2H3. The summed E-state index contributed by atoms with van der Waals surface area (Å²) < 4.78 is 0. The number of hydrogen-bond acceptors (Lipinski definition) is 2. The van der Waals surface area contributed by atoms with Gasteiger partial charge in [0.2, 0.25) is 0 Å². The van der Waals surface area contributed by atoms with E-state index >= 15 is 0 Å². The van der Waals surface area contributed by atoms with Crippen molar-refractivity contribution in [2.45, 2.75) is 19.8 Å². The van der Waals surface area contributed by atoms with Crippen molar-refractivity contribution in [3.8, 4) is 0 Å². The van der Waals surface area contributed by atoms with E-state index < -0.39 is 0 Å². The van der Waals surface area contributed by atoms with E-state index in [0.29, 0.717) is 6.42 Å². The van der Waals surface area contributed by atoms with E-state index in [9.17, 15) is 4.79 Å². The van der Waals surface area contributed by atoms with Gasteiger partial charge in [-0.05, 0) is 37.1 Å². The first-order chi connectivity index (χ1) is 6.65. The van der Waals surface area contributed by atoms with Crippen LogP contribution in [0.4, 0.5) is 5.69 Å². The Bertz CT molecular complexity index is 355. The molecule has 1 aromatic carbocycles. The van der Waals surface area contributed by atoms with Crippen molar-refractivity contribution >= 4 is 11.5 Å². The molecule has 0 radical (unpaired) electrons. The molecule has 0 unspecified atom stereocenters. The maximum Gasteiger partial charge on any atom is 0.163 e. The van der Waals surface area contributed by atoms with Crippen LogP contribution in [0.3, 0.4) is 0 Å². The minimum atomic E-state index is 0.146. The fourth-order valence-electron chi connectivity index (χ4n) is 1.23. The van der Waals surface area contributed by atoms with Crippen LogP contribution in [-0.4, -0.2) is 5.78 Å². The second-order valence-electron chi connectivity index (χ2n) is 3.32. The molecule has 0 aliphatic heterocycles. The lowest BCUT2D eigenvalue weighted by Crippen LogP contribution is -2.00. The van der Waals surface area contributed by atoms with Crippen molar-refractivity contribution in [1.82, 2.24) is 0 Å². The van der Waals surface area contributed by atoms with Gasteiger partial charge in [0.05, 0.1) is 0 Å². The number of carbonyl (C=O) groups excluding carboxylic acids is 1. The smallest absolute Gasteiger partial charge is 0.163 e. The first-order valence-electron chi connectivity index (χ1n) is 4.65. The lowest BCUT2D eigenvalue weighted by atomic mass is 10.0. The van der Waals surface area contributed by atoms with Crippen molar-refractivity contribution in [2.24, 2.45) is 0 Å². The van der Waals surface area contributed by atoms with E-state index in [1.54, 1.807) is 18.2 Å². The molecular formula is C12H15NO. The zero-order valence-corrected chi connectivity index (χ0v) is 8.42. The summed E-state index contributed by atoms with van der Waals surface area (Å²) in [6.45, 7) is 5.49. The van der Waals surface area contributed by atoms with E-state index in [0.717, 1.165) is 23.2 Å². The van der Waals surface area contributed by atoms with Crippen LogP contribution in [0.2, 0.25) is 0 Å². The number of rotatable bonds is 4. The molecule has 0 aromatic heterocycles. The van der Waals surface area contributed by atoms with Gasteiger partial charge >= 0.3 is 0 Å². The molecule has 0 bridgehead atoms. The molecule has 0 atom stereocenters. The Hall–Kier alpha value is -1.57. The molecule has 2 heteroatoms. The van der Waals surface area contributed by atoms with Crippen molar-refractivity contribution in [3.63, 3.8) is 0 Å². The van der Waals surface area contributed by atoms with Gasteiger partial charge in [-0.3, -0.25) is 4.79 Å². The highest BCUT2D eigenvalue weighted by Gasteiger charge is 2.05. The number of Topliss-reactive ketones (excluding diaryl/α,β-unsaturated/α-hetero) is 1. The quantitative estimate of drug-likeness (QED) is 0.449. The predicted molar refractivity (Wildman–Crippen MR) is 59.4 cm³/mol. The van der Waals surface area contributed by atoms with Crippen molar-refractivity contribution in [1.29, 1.82) is 0 Å². The summed E-state index contributed by atoms with van der Waals surface area (Å²) in [5.74, 6) is 0.146. The number of benzene rings is 1. The molecule has 0 amide bonds. The number of ketones is 1. The average Bonchev–Trinajstić information content (AvgIpc) is 2.18. The number of carbonyl (C=O) groups is 1. The van der Waals surface area contributed by atoms with Gasteiger partial charge in [0, 0.05) is 17.7 Å². The summed E-state index contributed by atoms with van der Waals surface area (Å²) in [5.41, 5.74) is 8.08. The number of allylic oxidation sites excluding steroid dienone is 1. The van der Waals surface area contributed by atoms with Crippen LogP contribution in [-0.2, 0) is 0 Å². The van der Waals surface area contributed by atoms with Crippen LogP contribution in [0.1, 0.15) is 28.8 Å². The van der Waals surface area contributed by atoms with Gasteiger partial charge in [0.15, 0.2) is 5.78 Å². The Kier molecular flexibility index (Phi) is 3.46. The molecule has 2 nitrogen and oxygen atoms in total. The third kappa shape index (κ3) is 2.46. The third-order valence-corrected chi connectivity index (χ3v) is 2.17. The Morgan fingerprint density at radius 1 is 1.57 bits per heavy atom. The molecule has 0 heterocycles. The molecule has 0 fully saturated rings. The van der Waals surface area contributed by atoms with Gasteiger partial charge in [-0.2, -0.15) is 0 Å². The van der Waals surface area contributed by atoms with Crippen LogP contribution < -0.4 is 5.73 Å². The third-order valence-electron chi connectivity index (χ3n) is 2.17. The van der Waals surface area contributed by atoms with E-state index in [-0.39, 0.29) is 5.78 Å². The Labute approximate surface area is 84.4 Å². The highest BCUT2D eigenvalue weighted by Crippen LogP contribution is 2.14. The van der Waals surface area contributed by atoms with Crippen LogP contribution in [0, 0.1) is 6.92 Å². The zero-order valence-electron chi connectivity index (χ0n) is 8.42. The first kappa shape index (κ1) is 10.5. The highest BCUT2D eigenvalue weighted by atomic mass is 16.1. The van der Waals surface area contributed by atoms with Gasteiger partial charge in [0.1, 0.15) is 0 Å². The molecule has 1 rings (SSSR count). The maximum atomic E-state index is 11.6. The SMILES string of the molecule is C=CCCC(=O)c1ccc(N)c(C)c1. The summed E-state index contributed by atoms with van der Waals surface area (Å²) in [4.78, 5) is 11.6. The summed E-state index contributed by atoms with van der Waals surface area (Å²) in [5, 5.41) is 0. The molecule has 74 valence electrons. The topological polar surface area (TPSA) is 43.1 Å². The normalized spacial score (nSPS) is 9.79. The fourth-order valence-corrected chi connectivity index (χ4v) is 1.23. The highest BCUT2D eigenvalue weighted by molar-refractivity contribution is 5.96. The lowest BCUT2D eigenvalue weighted by molar-refractivity contribution is 0.0983. The minimum absolute atomic E-state index is 0.146. The molecular weight excluding hydrogens is 174 g/mol. The Balaban J connectivity index is 2.80. The number of aryl methyl sites for hydroxylation is 1. The Morgan fingerprint density at radius 2 is 2.29 bits per heavy atom. The molecule has 2 N–H and O–H groups in total.